The number of hydrogen-bond donors (Lipinski definition) is 2. The van der Waals surface area contributed by atoms with Gasteiger partial charge in [0.15, 0.2) is 0 Å². The third kappa shape index (κ3) is 5.43. The molecule has 1 atom stereocenters. The lowest BCUT2D eigenvalue weighted by molar-refractivity contribution is -0.124. The molecule has 1 aromatic carbocycles. The maximum atomic E-state index is 12.2. The molecule has 0 aromatic heterocycles. The summed E-state index contributed by atoms with van der Waals surface area (Å²) in [5, 5.41) is 3.05. The minimum atomic E-state index is -0.611. The molecular weight excluding hydrogens is 236 g/mol. The third-order valence-corrected chi connectivity index (χ3v) is 2.88. The minimum absolute atomic E-state index is 0.125. The van der Waals surface area contributed by atoms with Crippen molar-refractivity contribution in [2.45, 2.75) is 52.6 Å². The molecule has 19 heavy (non-hydrogen) atoms. The molecule has 0 aliphatic carbocycles. The highest BCUT2D eigenvalue weighted by molar-refractivity contribution is 5.83. The monoisotopic (exact) mass is 262 g/mol. The van der Waals surface area contributed by atoms with E-state index in [0.29, 0.717) is 0 Å². The van der Waals surface area contributed by atoms with E-state index in [1.54, 1.807) is 0 Å². The van der Waals surface area contributed by atoms with E-state index in [-0.39, 0.29) is 16.9 Å². The van der Waals surface area contributed by atoms with Gasteiger partial charge < -0.3 is 11.1 Å². The normalized spacial score (nSPS) is 14.0. The van der Waals surface area contributed by atoms with Crippen LogP contribution in [0.4, 0.5) is 0 Å². The summed E-state index contributed by atoms with van der Waals surface area (Å²) in [7, 11) is 0. The van der Waals surface area contributed by atoms with Gasteiger partial charge in [0.1, 0.15) is 6.04 Å². The van der Waals surface area contributed by atoms with Crippen molar-refractivity contribution in [1.29, 1.82) is 0 Å². The number of benzene rings is 1. The number of nitrogens with two attached hydrogens (primary N) is 1. The van der Waals surface area contributed by atoms with E-state index in [2.05, 4.69) is 26.1 Å². The zero-order valence-corrected chi connectivity index (χ0v) is 12.7. The molecule has 3 N–H and O–H groups in total. The van der Waals surface area contributed by atoms with Crippen LogP contribution in [0, 0.1) is 5.41 Å². The molecule has 0 bridgehead atoms. The van der Waals surface area contributed by atoms with Crippen molar-refractivity contribution in [2.24, 2.45) is 11.1 Å². The van der Waals surface area contributed by atoms with Gasteiger partial charge in [-0.3, -0.25) is 4.79 Å². The van der Waals surface area contributed by atoms with Crippen molar-refractivity contribution in [2.75, 3.05) is 0 Å². The lowest BCUT2D eigenvalue weighted by Crippen LogP contribution is -2.49. The van der Waals surface area contributed by atoms with Crippen LogP contribution in [0.15, 0.2) is 30.3 Å². The molecule has 0 heterocycles. The van der Waals surface area contributed by atoms with Gasteiger partial charge in [0, 0.05) is 5.54 Å². The molecule has 0 aliphatic heterocycles. The standard InChI is InChI=1S/C16H26N2O/c1-15(2,3)11-16(4,5)18-14(19)13(17)12-9-7-6-8-10-12/h6-10,13H,11,17H2,1-5H3,(H,18,19)/t13-/m1/s1. The SMILES string of the molecule is CC(C)(C)CC(C)(C)NC(=O)[C@H](N)c1ccccc1. The molecule has 0 aliphatic rings. The fourth-order valence-electron chi connectivity index (χ4n) is 2.59. The summed E-state index contributed by atoms with van der Waals surface area (Å²) < 4.78 is 0. The first-order chi connectivity index (χ1) is 8.61. The highest BCUT2D eigenvalue weighted by atomic mass is 16.2. The van der Waals surface area contributed by atoms with Crippen molar-refractivity contribution in [1.82, 2.24) is 5.32 Å². The Labute approximate surface area is 116 Å². The first-order valence-electron chi connectivity index (χ1n) is 6.73. The Balaban J connectivity index is 2.69. The number of carbonyl (C=O) groups is 1. The van der Waals surface area contributed by atoms with E-state index in [4.69, 9.17) is 5.73 Å². The van der Waals surface area contributed by atoms with Crippen LogP contribution in [-0.2, 0) is 4.79 Å². The van der Waals surface area contributed by atoms with E-state index in [9.17, 15) is 4.79 Å². The second kappa shape index (κ2) is 5.74. The van der Waals surface area contributed by atoms with Gasteiger partial charge in [0.05, 0.1) is 0 Å². The Morgan fingerprint density at radius 2 is 1.68 bits per heavy atom. The average molecular weight is 262 g/mol. The van der Waals surface area contributed by atoms with Crippen LogP contribution in [-0.4, -0.2) is 11.4 Å². The van der Waals surface area contributed by atoms with Crippen LogP contribution in [0.25, 0.3) is 0 Å². The van der Waals surface area contributed by atoms with E-state index < -0.39 is 6.04 Å². The number of rotatable bonds is 4. The van der Waals surface area contributed by atoms with Gasteiger partial charge in [-0.2, -0.15) is 0 Å². The second-order valence-electron chi connectivity index (χ2n) is 7.00. The van der Waals surface area contributed by atoms with Gasteiger partial charge in [0.25, 0.3) is 0 Å². The van der Waals surface area contributed by atoms with Crippen LogP contribution in [0.1, 0.15) is 52.6 Å². The summed E-state index contributed by atoms with van der Waals surface area (Å²) in [5.41, 5.74) is 6.73. The Morgan fingerprint density at radius 1 is 1.16 bits per heavy atom. The maximum Gasteiger partial charge on any atom is 0.241 e. The molecule has 1 rings (SSSR count). The molecule has 0 fully saturated rings. The summed E-state index contributed by atoms with van der Waals surface area (Å²) in [6, 6.07) is 8.84. The molecule has 0 radical (unpaired) electrons. The Kier molecular flexibility index (Phi) is 4.75. The lowest BCUT2D eigenvalue weighted by Gasteiger charge is -2.34. The number of amides is 1. The number of carbonyl (C=O) groups excluding carboxylic acids is 1. The van der Waals surface area contributed by atoms with Gasteiger partial charge >= 0.3 is 0 Å². The maximum absolute atomic E-state index is 12.2. The third-order valence-electron chi connectivity index (χ3n) is 2.88. The molecule has 0 unspecified atom stereocenters. The molecule has 0 saturated carbocycles. The zero-order chi connectivity index (χ0) is 14.7. The average Bonchev–Trinajstić information content (AvgIpc) is 2.25. The van der Waals surface area contributed by atoms with E-state index in [1.807, 2.05) is 44.2 Å². The fourth-order valence-corrected chi connectivity index (χ4v) is 2.59. The van der Waals surface area contributed by atoms with Gasteiger partial charge in [-0.1, -0.05) is 51.1 Å². The van der Waals surface area contributed by atoms with Crippen molar-refractivity contribution < 1.29 is 4.79 Å². The van der Waals surface area contributed by atoms with Crippen LogP contribution < -0.4 is 11.1 Å². The van der Waals surface area contributed by atoms with E-state index in [1.165, 1.54) is 0 Å². The van der Waals surface area contributed by atoms with Crippen molar-refractivity contribution in [3.05, 3.63) is 35.9 Å². The first-order valence-corrected chi connectivity index (χ1v) is 6.73. The summed E-state index contributed by atoms with van der Waals surface area (Å²) in [4.78, 5) is 12.2. The van der Waals surface area contributed by atoms with Gasteiger partial charge in [-0.05, 0) is 31.2 Å². The minimum Gasteiger partial charge on any atom is -0.350 e. The summed E-state index contributed by atoms with van der Waals surface area (Å²) in [5.74, 6) is -0.125. The predicted molar refractivity (Wildman–Crippen MR) is 79.7 cm³/mol. The molecule has 1 amide bonds. The van der Waals surface area contributed by atoms with Crippen LogP contribution >= 0.6 is 0 Å². The van der Waals surface area contributed by atoms with Gasteiger partial charge in [0.2, 0.25) is 5.91 Å². The number of hydrogen-bond acceptors (Lipinski definition) is 2. The van der Waals surface area contributed by atoms with E-state index >= 15 is 0 Å². The van der Waals surface area contributed by atoms with Gasteiger partial charge in [-0.15, -0.1) is 0 Å². The molecular formula is C16H26N2O. The number of nitrogens with one attached hydrogen (secondary N) is 1. The van der Waals surface area contributed by atoms with Crippen LogP contribution in [0.5, 0.6) is 0 Å². The molecule has 106 valence electrons. The molecule has 0 spiro atoms. The highest BCUT2D eigenvalue weighted by Crippen LogP contribution is 2.27. The van der Waals surface area contributed by atoms with Crippen molar-refractivity contribution in [3.63, 3.8) is 0 Å². The summed E-state index contributed by atoms with van der Waals surface area (Å²) in [6.45, 7) is 10.6. The predicted octanol–water partition coefficient (Wildman–Crippen LogP) is 3.02. The molecule has 3 heteroatoms. The van der Waals surface area contributed by atoms with Gasteiger partial charge in [-0.25, -0.2) is 0 Å². The van der Waals surface area contributed by atoms with Crippen LogP contribution in [0.2, 0.25) is 0 Å². The largest absolute Gasteiger partial charge is 0.350 e. The summed E-state index contributed by atoms with van der Waals surface area (Å²) >= 11 is 0. The highest BCUT2D eigenvalue weighted by Gasteiger charge is 2.29. The van der Waals surface area contributed by atoms with E-state index in [0.717, 1.165) is 12.0 Å². The second-order valence-corrected chi connectivity index (χ2v) is 7.00. The van der Waals surface area contributed by atoms with Crippen molar-refractivity contribution >= 4 is 5.91 Å². The Bertz CT molecular complexity index is 418. The quantitative estimate of drug-likeness (QED) is 0.876. The Hall–Kier alpha value is -1.35. The zero-order valence-electron chi connectivity index (χ0n) is 12.7. The fraction of sp³-hybridized carbons (Fsp3) is 0.562. The van der Waals surface area contributed by atoms with Crippen molar-refractivity contribution in [3.8, 4) is 0 Å². The first kappa shape index (κ1) is 15.7. The van der Waals surface area contributed by atoms with Crippen LogP contribution in [0.3, 0.4) is 0 Å². The smallest absolute Gasteiger partial charge is 0.241 e. The molecule has 0 saturated heterocycles. The molecule has 1 aromatic rings. The molecule has 3 nitrogen and oxygen atoms in total. The summed E-state index contributed by atoms with van der Waals surface area (Å²) in [6.07, 6.45) is 0.896. The lowest BCUT2D eigenvalue weighted by atomic mass is 9.81. The Morgan fingerprint density at radius 3 is 2.16 bits per heavy atom. The topological polar surface area (TPSA) is 55.1 Å².